The summed E-state index contributed by atoms with van der Waals surface area (Å²) < 4.78 is 15.4. The number of halogens is 1. The van der Waals surface area contributed by atoms with Crippen molar-refractivity contribution in [3.05, 3.63) is 48.3 Å². The van der Waals surface area contributed by atoms with Gasteiger partial charge in [-0.05, 0) is 43.2 Å². The molecule has 3 rings (SSSR count). The van der Waals surface area contributed by atoms with E-state index in [0.717, 1.165) is 44.3 Å². The number of piperidine rings is 1. The van der Waals surface area contributed by atoms with E-state index < -0.39 is 0 Å². The minimum Gasteiger partial charge on any atom is -0.342 e. The zero-order valence-corrected chi connectivity index (χ0v) is 13.8. The molecule has 24 heavy (non-hydrogen) atoms. The Morgan fingerprint density at radius 3 is 3.00 bits per heavy atom. The van der Waals surface area contributed by atoms with E-state index in [1.807, 2.05) is 17.0 Å². The van der Waals surface area contributed by atoms with Gasteiger partial charge in [-0.2, -0.15) is 5.10 Å². The fourth-order valence-corrected chi connectivity index (χ4v) is 3.30. The number of hydrogen-bond donors (Lipinski definition) is 0. The first-order valence-corrected chi connectivity index (χ1v) is 8.56. The molecule has 1 fully saturated rings. The molecule has 0 N–H and O–H groups in total. The van der Waals surface area contributed by atoms with Crippen LogP contribution in [0.1, 0.15) is 31.2 Å². The van der Waals surface area contributed by atoms with Crippen molar-refractivity contribution in [1.82, 2.24) is 19.7 Å². The normalized spacial score (nSPS) is 17.9. The Balaban J connectivity index is 1.47. The van der Waals surface area contributed by atoms with Crippen LogP contribution in [-0.2, 0) is 17.8 Å². The third kappa shape index (κ3) is 4.40. The maximum absolute atomic E-state index is 13.7. The van der Waals surface area contributed by atoms with E-state index in [-0.39, 0.29) is 11.7 Å². The summed E-state index contributed by atoms with van der Waals surface area (Å²) in [5.41, 5.74) is 0.770. The molecule has 6 heteroatoms. The molecule has 0 bridgehead atoms. The lowest BCUT2D eigenvalue weighted by Gasteiger charge is -2.33. The van der Waals surface area contributed by atoms with Gasteiger partial charge in [0, 0.05) is 19.5 Å². The van der Waals surface area contributed by atoms with E-state index in [4.69, 9.17) is 0 Å². The van der Waals surface area contributed by atoms with Crippen LogP contribution in [0.25, 0.3) is 0 Å². The first kappa shape index (κ1) is 16.6. The number of carbonyl (C=O) groups excluding carboxylic acids is 1. The second kappa shape index (κ2) is 8.04. The van der Waals surface area contributed by atoms with Crippen molar-refractivity contribution in [1.29, 1.82) is 0 Å². The van der Waals surface area contributed by atoms with Gasteiger partial charge in [-0.15, -0.1) is 0 Å². The molecule has 0 unspecified atom stereocenters. The van der Waals surface area contributed by atoms with E-state index >= 15 is 0 Å². The number of aryl methyl sites for hydroxylation is 2. The van der Waals surface area contributed by atoms with Crippen molar-refractivity contribution in [2.45, 2.75) is 38.6 Å². The van der Waals surface area contributed by atoms with Gasteiger partial charge in [0.1, 0.15) is 18.5 Å². The average Bonchev–Trinajstić information content (AvgIpc) is 3.13. The number of nitrogens with zero attached hydrogens (tertiary/aromatic N) is 4. The summed E-state index contributed by atoms with van der Waals surface area (Å²) in [7, 11) is 0. The molecule has 1 amide bonds. The molecule has 2 aromatic rings. The fourth-order valence-electron chi connectivity index (χ4n) is 3.30. The number of hydrogen-bond acceptors (Lipinski definition) is 3. The average molecular weight is 330 g/mol. The van der Waals surface area contributed by atoms with Gasteiger partial charge in [-0.3, -0.25) is 9.48 Å². The smallest absolute Gasteiger partial charge is 0.224 e. The van der Waals surface area contributed by atoms with Crippen LogP contribution in [0.15, 0.2) is 36.9 Å². The van der Waals surface area contributed by atoms with E-state index in [0.29, 0.717) is 18.9 Å². The van der Waals surface area contributed by atoms with Crippen LogP contribution in [0.2, 0.25) is 0 Å². The molecule has 1 saturated heterocycles. The lowest BCUT2D eigenvalue weighted by molar-refractivity contribution is -0.133. The molecule has 1 atom stereocenters. The Kier molecular flexibility index (Phi) is 5.56. The Bertz CT molecular complexity index is 659. The topological polar surface area (TPSA) is 51.0 Å². The third-order valence-electron chi connectivity index (χ3n) is 4.67. The van der Waals surface area contributed by atoms with Crippen molar-refractivity contribution >= 4 is 5.91 Å². The highest BCUT2D eigenvalue weighted by Crippen LogP contribution is 2.23. The van der Waals surface area contributed by atoms with Crippen molar-refractivity contribution in [3.8, 4) is 0 Å². The van der Waals surface area contributed by atoms with Gasteiger partial charge in [-0.25, -0.2) is 9.37 Å². The summed E-state index contributed by atoms with van der Waals surface area (Å²) in [6.07, 6.45) is 7.35. The Labute approximate surface area is 141 Å². The van der Waals surface area contributed by atoms with Gasteiger partial charge in [0.25, 0.3) is 0 Å². The van der Waals surface area contributed by atoms with Crippen molar-refractivity contribution < 1.29 is 9.18 Å². The van der Waals surface area contributed by atoms with Gasteiger partial charge in [0.05, 0.1) is 6.54 Å². The highest BCUT2D eigenvalue weighted by atomic mass is 19.1. The number of likely N-dealkylation sites (tertiary alicyclic amines) is 1. The number of amides is 1. The van der Waals surface area contributed by atoms with E-state index in [1.165, 1.54) is 12.4 Å². The molecule has 0 spiro atoms. The van der Waals surface area contributed by atoms with Crippen LogP contribution in [0, 0.1) is 11.7 Å². The molecule has 5 nitrogen and oxygen atoms in total. The standard InChI is InChI=1S/C18H23FN4O/c19-17-6-2-1-5-16(17)8-7-15-4-3-10-22(12-15)18(24)9-11-23-14-20-13-21-23/h1-2,5-6,13-15H,3-4,7-12H2/t15-/m1/s1. The van der Waals surface area contributed by atoms with Gasteiger partial charge in [0.15, 0.2) is 0 Å². The predicted molar refractivity (Wildman–Crippen MR) is 88.7 cm³/mol. The zero-order chi connectivity index (χ0) is 16.8. The van der Waals surface area contributed by atoms with Gasteiger partial charge < -0.3 is 4.90 Å². The first-order valence-electron chi connectivity index (χ1n) is 8.56. The molecule has 0 radical (unpaired) electrons. The minimum atomic E-state index is -0.130. The maximum Gasteiger partial charge on any atom is 0.224 e. The number of aromatic nitrogens is 3. The quantitative estimate of drug-likeness (QED) is 0.818. The van der Waals surface area contributed by atoms with Gasteiger partial charge in [-0.1, -0.05) is 18.2 Å². The van der Waals surface area contributed by atoms with E-state index in [1.54, 1.807) is 17.1 Å². The molecule has 0 aliphatic carbocycles. The lowest BCUT2D eigenvalue weighted by atomic mass is 9.91. The molecule has 0 saturated carbocycles. The fraction of sp³-hybridized carbons (Fsp3) is 0.500. The number of carbonyl (C=O) groups is 1. The molecular weight excluding hydrogens is 307 g/mol. The van der Waals surface area contributed by atoms with E-state index in [9.17, 15) is 9.18 Å². The molecule has 1 aromatic carbocycles. The number of benzene rings is 1. The first-order chi connectivity index (χ1) is 11.7. The van der Waals surface area contributed by atoms with Crippen LogP contribution in [0.4, 0.5) is 4.39 Å². The largest absolute Gasteiger partial charge is 0.342 e. The predicted octanol–water partition coefficient (Wildman–Crippen LogP) is 2.68. The minimum absolute atomic E-state index is 0.130. The summed E-state index contributed by atoms with van der Waals surface area (Å²) in [6.45, 7) is 2.17. The summed E-state index contributed by atoms with van der Waals surface area (Å²) in [5.74, 6) is 0.490. The molecular formula is C18H23FN4O. The molecule has 1 aliphatic rings. The van der Waals surface area contributed by atoms with Gasteiger partial charge in [0.2, 0.25) is 5.91 Å². The lowest BCUT2D eigenvalue weighted by Crippen LogP contribution is -2.40. The van der Waals surface area contributed by atoms with Crippen LogP contribution in [0.5, 0.6) is 0 Å². The number of rotatable bonds is 6. The molecule has 1 aromatic heterocycles. The maximum atomic E-state index is 13.7. The van der Waals surface area contributed by atoms with Crippen molar-refractivity contribution in [2.24, 2.45) is 5.92 Å². The second-order valence-electron chi connectivity index (χ2n) is 6.39. The summed E-state index contributed by atoms with van der Waals surface area (Å²) >= 11 is 0. The SMILES string of the molecule is O=C(CCn1cncn1)N1CCC[C@H](CCc2ccccc2F)C1. The highest BCUT2D eigenvalue weighted by molar-refractivity contribution is 5.76. The zero-order valence-electron chi connectivity index (χ0n) is 13.8. The van der Waals surface area contributed by atoms with Crippen LogP contribution >= 0.6 is 0 Å². The molecule has 2 heterocycles. The van der Waals surface area contributed by atoms with Gasteiger partial charge >= 0.3 is 0 Å². The van der Waals surface area contributed by atoms with Crippen molar-refractivity contribution in [2.75, 3.05) is 13.1 Å². The summed E-state index contributed by atoms with van der Waals surface area (Å²) in [5, 5.41) is 4.02. The van der Waals surface area contributed by atoms with Crippen molar-refractivity contribution in [3.63, 3.8) is 0 Å². The highest BCUT2D eigenvalue weighted by Gasteiger charge is 2.23. The Morgan fingerprint density at radius 2 is 2.21 bits per heavy atom. The van der Waals surface area contributed by atoms with Crippen LogP contribution in [-0.4, -0.2) is 38.7 Å². The monoisotopic (exact) mass is 330 g/mol. The summed E-state index contributed by atoms with van der Waals surface area (Å²) in [6, 6.07) is 6.95. The molecule has 128 valence electrons. The summed E-state index contributed by atoms with van der Waals surface area (Å²) in [4.78, 5) is 18.2. The second-order valence-corrected chi connectivity index (χ2v) is 6.39. The molecule has 1 aliphatic heterocycles. The van der Waals surface area contributed by atoms with Crippen LogP contribution in [0.3, 0.4) is 0 Å². The Hall–Kier alpha value is -2.24. The Morgan fingerprint density at radius 1 is 1.33 bits per heavy atom. The third-order valence-corrected chi connectivity index (χ3v) is 4.67. The van der Waals surface area contributed by atoms with E-state index in [2.05, 4.69) is 10.1 Å². The van der Waals surface area contributed by atoms with Crippen LogP contribution < -0.4 is 0 Å².